The van der Waals surface area contributed by atoms with Crippen LogP contribution in [0.1, 0.15) is 29.1 Å². The molecule has 0 atom stereocenters. The second-order valence-corrected chi connectivity index (χ2v) is 8.35. The number of carbonyl (C=O) groups is 2. The SMILES string of the molecule is CCN(CC)C(=O)Cn1cnc2sc(C(=O)Nc3cnc4ccccc4c3)c(C)c2c1=O. The lowest BCUT2D eigenvalue weighted by Gasteiger charge is -2.18. The standard InChI is InChI=1S/C23H23N5O3S/c1-4-27(5-2)18(29)12-28-13-25-22-19(23(28)31)14(3)20(32-22)21(30)26-16-10-15-8-6-7-9-17(15)24-11-16/h6-11,13H,4-5,12H2,1-3H3,(H,26,30). The number of thiophene rings is 1. The van der Waals surface area contributed by atoms with E-state index in [9.17, 15) is 14.4 Å². The molecule has 4 aromatic rings. The minimum absolute atomic E-state index is 0.0803. The Labute approximate surface area is 188 Å². The Bertz CT molecular complexity index is 1390. The van der Waals surface area contributed by atoms with Crippen LogP contribution in [0.5, 0.6) is 0 Å². The van der Waals surface area contributed by atoms with Crippen LogP contribution in [0.2, 0.25) is 0 Å². The second-order valence-electron chi connectivity index (χ2n) is 7.35. The summed E-state index contributed by atoms with van der Waals surface area (Å²) in [4.78, 5) is 49.7. The molecule has 1 N–H and O–H groups in total. The van der Waals surface area contributed by atoms with Gasteiger partial charge in [-0.2, -0.15) is 0 Å². The van der Waals surface area contributed by atoms with Gasteiger partial charge in [-0.15, -0.1) is 11.3 Å². The number of fused-ring (bicyclic) bond motifs is 2. The van der Waals surface area contributed by atoms with Gasteiger partial charge >= 0.3 is 0 Å². The van der Waals surface area contributed by atoms with Crippen LogP contribution in [0.4, 0.5) is 5.69 Å². The molecule has 2 amide bonds. The lowest BCUT2D eigenvalue weighted by Crippen LogP contribution is -2.36. The van der Waals surface area contributed by atoms with Gasteiger partial charge in [0.05, 0.1) is 34.0 Å². The summed E-state index contributed by atoms with van der Waals surface area (Å²) < 4.78 is 1.30. The third kappa shape index (κ3) is 3.99. The summed E-state index contributed by atoms with van der Waals surface area (Å²) in [7, 11) is 0. The van der Waals surface area contributed by atoms with E-state index >= 15 is 0 Å². The number of benzene rings is 1. The van der Waals surface area contributed by atoms with Crippen LogP contribution < -0.4 is 10.9 Å². The van der Waals surface area contributed by atoms with Gasteiger partial charge in [0.25, 0.3) is 11.5 Å². The predicted octanol–water partition coefficient (Wildman–Crippen LogP) is 3.44. The summed E-state index contributed by atoms with van der Waals surface area (Å²) in [5.41, 5.74) is 1.64. The number of hydrogen-bond donors (Lipinski definition) is 1. The molecule has 4 rings (SSSR count). The highest BCUT2D eigenvalue weighted by Crippen LogP contribution is 2.28. The summed E-state index contributed by atoms with van der Waals surface area (Å²) in [6.45, 7) is 6.58. The van der Waals surface area contributed by atoms with Crippen LogP contribution in [-0.4, -0.2) is 44.3 Å². The third-order valence-corrected chi connectivity index (χ3v) is 6.59. The van der Waals surface area contributed by atoms with Crippen LogP contribution in [0, 0.1) is 6.92 Å². The first-order valence-corrected chi connectivity index (χ1v) is 11.2. The molecule has 0 radical (unpaired) electrons. The van der Waals surface area contributed by atoms with Crippen molar-refractivity contribution in [1.29, 1.82) is 0 Å². The molecule has 32 heavy (non-hydrogen) atoms. The number of amides is 2. The fraction of sp³-hybridized carbons (Fsp3) is 0.261. The zero-order valence-corrected chi connectivity index (χ0v) is 18.9. The van der Waals surface area contributed by atoms with E-state index in [0.717, 1.165) is 22.2 Å². The van der Waals surface area contributed by atoms with E-state index in [0.29, 0.717) is 39.4 Å². The van der Waals surface area contributed by atoms with Gasteiger partial charge in [0.2, 0.25) is 5.91 Å². The molecule has 0 fully saturated rings. The van der Waals surface area contributed by atoms with Crippen molar-refractivity contribution in [1.82, 2.24) is 19.4 Å². The van der Waals surface area contributed by atoms with Crippen LogP contribution in [0.3, 0.4) is 0 Å². The van der Waals surface area contributed by atoms with E-state index in [4.69, 9.17) is 0 Å². The average Bonchev–Trinajstić information content (AvgIpc) is 3.13. The number of rotatable bonds is 6. The van der Waals surface area contributed by atoms with Crippen LogP contribution in [0.25, 0.3) is 21.1 Å². The molecule has 0 spiro atoms. The van der Waals surface area contributed by atoms with Crippen molar-refractivity contribution in [3.63, 3.8) is 0 Å². The van der Waals surface area contributed by atoms with E-state index < -0.39 is 0 Å². The molecule has 0 saturated heterocycles. The van der Waals surface area contributed by atoms with Gasteiger partial charge in [0.1, 0.15) is 11.4 Å². The van der Waals surface area contributed by atoms with Crippen molar-refractivity contribution in [2.24, 2.45) is 0 Å². The zero-order chi connectivity index (χ0) is 22.8. The molecule has 3 aromatic heterocycles. The van der Waals surface area contributed by atoms with Gasteiger partial charge in [-0.25, -0.2) is 4.98 Å². The molecule has 164 valence electrons. The van der Waals surface area contributed by atoms with Gasteiger partial charge in [-0.1, -0.05) is 18.2 Å². The average molecular weight is 450 g/mol. The molecule has 8 nitrogen and oxygen atoms in total. The number of anilines is 1. The summed E-state index contributed by atoms with van der Waals surface area (Å²) in [5, 5.41) is 4.14. The molecule has 1 aromatic carbocycles. The highest BCUT2D eigenvalue weighted by atomic mass is 32.1. The second kappa shape index (κ2) is 8.88. The van der Waals surface area contributed by atoms with E-state index in [2.05, 4.69) is 15.3 Å². The van der Waals surface area contributed by atoms with Gasteiger partial charge in [-0.05, 0) is 38.5 Å². The Morgan fingerprint density at radius 3 is 2.66 bits per heavy atom. The van der Waals surface area contributed by atoms with Crippen LogP contribution >= 0.6 is 11.3 Å². The first-order valence-electron chi connectivity index (χ1n) is 10.3. The van der Waals surface area contributed by atoms with Crippen molar-refractivity contribution in [3.05, 3.63) is 63.7 Å². The quantitative estimate of drug-likeness (QED) is 0.486. The smallest absolute Gasteiger partial charge is 0.266 e. The maximum absolute atomic E-state index is 13.0. The minimum atomic E-state index is -0.326. The Balaban J connectivity index is 1.63. The van der Waals surface area contributed by atoms with Crippen molar-refractivity contribution in [2.45, 2.75) is 27.3 Å². The zero-order valence-electron chi connectivity index (χ0n) is 18.1. The number of nitrogens with one attached hydrogen (secondary N) is 1. The highest BCUT2D eigenvalue weighted by Gasteiger charge is 2.21. The molecule has 0 unspecified atom stereocenters. The first kappa shape index (κ1) is 21.6. The first-order chi connectivity index (χ1) is 15.4. The molecule has 0 bridgehead atoms. The number of nitrogens with zero attached hydrogens (tertiary/aromatic N) is 4. The molecular formula is C23H23N5O3S. The summed E-state index contributed by atoms with van der Waals surface area (Å²) in [6.07, 6.45) is 2.98. The Morgan fingerprint density at radius 1 is 1.16 bits per heavy atom. The molecule has 9 heteroatoms. The third-order valence-electron chi connectivity index (χ3n) is 5.39. The fourth-order valence-corrected chi connectivity index (χ4v) is 4.67. The minimum Gasteiger partial charge on any atom is -0.342 e. The number of hydrogen-bond acceptors (Lipinski definition) is 6. The van der Waals surface area contributed by atoms with Crippen molar-refractivity contribution in [2.75, 3.05) is 18.4 Å². The van der Waals surface area contributed by atoms with Gasteiger partial charge in [-0.3, -0.25) is 23.9 Å². The summed E-state index contributed by atoms with van der Waals surface area (Å²) in [5.74, 6) is -0.472. The van der Waals surface area contributed by atoms with Gasteiger partial charge in [0, 0.05) is 18.5 Å². The normalized spacial score (nSPS) is 11.1. The van der Waals surface area contributed by atoms with E-state index in [1.807, 2.05) is 44.2 Å². The molecule has 0 saturated carbocycles. The van der Waals surface area contributed by atoms with Crippen LogP contribution in [0.15, 0.2) is 47.7 Å². The molecular weight excluding hydrogens is 426 g/mol. The molecule has 3 heterocycles. The predicted molar refractivity (Wildman–Crippen MR) is 126 cm³/mol. The van der Waals surface area contributed by atoms with Gasteiger partial charge < -0.3 is 10.2 Å². The maximum Gasteiger partial charge on any atom is 0.266 e. The number of para-hydroxylation sites is 1. The molecule has 0 aliphatic heterocycles. The largest absolute Gasteiger partial charge is 0.342 e. The molecule has 0 aliphatic carbocycles. The maximum atomic E-state index is 13.0. The number of aromatic nitrogens is 3. The monoisotopic (exact) mass is 449 g/mol. The highest BCUT2D eigenvalue weighted by molar-refractivity contribution is 7.20. The number of aryl methyl sites for hydroxylation is 1. The lowest BCUT2D eigenvalue weighted by atomic mass is 10.2. The number of pyridine rings is 1. The fourth-order valence-electron chi connectivity index (χ4n) is 3.64. The van der Waals surface area contributed by atoms with Crippen LogP contribution in [-0.2, 0) is 11.3 Å². The topological polar surface area (TPSA) is 97.2 Å². The van der Waals surface area contributed by atoms with Crippen molar-refractivity contribution in [3.8, 4) is 0 Å². The summed E-state index contributed by atoms with van der Waals surface area (Å²) >= 11 is 1.16. The number of carbonyl (C=O) groups excluding carboxylic acids is 2. The van der Waals surface area contributed by atoms with Gasteiger partial charge in [0.15, 0.2) is 0 Å². The summed E-state index contributed by atoms with van der Waals surface area (Å²) in [6, 6.07) is 9.50. The van der Waals surface area contributed by atoms with E-state index in [1.54, 1.807) is 18.0 Å². The Kier molecular flexibility index (Phi) is 6.00. The van der Waals surface area contributed by atoms with Crippen molar-refractivity contribution >= 4 is 50.0 Å². The Morgan fingerprint density at radius 2 is 1.91 bits per heavy atom. The number of likely N-dealkylation sites (N-methyl/N-ethyl adjacent to an activating group) is 1. The lowest BCUT2D eigenvalue weighted by molar-refractivity contribution is -0.131. The van der Waals surface area contributed by atoms with E-state index in [1.165, 1.54) is 10.9 Å². The Hall–Kier alpha value is -3.59. The van der Waals surface area contributed by atoms with Crippen molar-refractivity contribution < 1.29 is 9.59 Å². The molecule has 0 aliphatic rings. The van der Waals surface area contributed by atoms with E-state index in [-0.39, 0.29) is 23.9 Å².